The molecule has 1 saturated carbocycles. The van der Waals surface area contributed by atoms with E-state index in [0.717, 1.165) is 31.2 Å². The highest BCUT2D eigenvalue weighted by Gasteiger charge is 2.27. The Labute approximate surface area is 125 Å². The predicted octanol–water partition coefficient (Wildman–Crippen LogP) is 2.99. The van der Waals surface area contributed by atoms with Crippen molar-refractivity contribution in [2.45, 2.75) is 44.6 Å². The SMILES string of the molecule is COC(=O)C(NC(=O)C1CCCCCC1)c1ccccc1. The first-order valence-electron chi connectivity index (χ1n) is 7.65. The van der Waals surface area contributed by atoms with E-state index in [0.29, 0.717) is 0 Å². The summed E-state index contributed by atoms with van der Waals surface area (Å²) >= 11 is 0. The van der Waals surface area contributed by atoms with Gasteiger partial charge in [-0.1, -0.05) is 56.0 Å². The van der Waals surface area contributed by atoms with E-state index >= 15 is 0 Å². The van der Waals surface area contributed by atoms with E-state index in [4.69, 9.17) is 4.74 Å². The maximum atomic E-state index is 12.4. The molecule has 0 aromatic heterocycles. The van der Waals surface area contributed by atoms with Crippen molar-refractivity contribution in [1.29, 1.82) is 0 Å². The number of benzene rings is 1. The minimum absolute atomic E-state index is 0.0170. The van der Waals surface area contributed by atoms with Gasteiger partial charge in [-0.2, -0.15) is 0 Å². The summed E-state index contributed by atoms with van der Waals surface area (Å²) in [6, 6.07) is 8.52. The lowest BCUT2D eigenvalue weighted by Gasteiger charge is -2.20. The maximum Gasteiger partial charge on any atom is 0.333 e. The first-order chi connectivity index (χ1) is 10.2. The molecule has 0 radical (unpaired) electrons. The molecular weight excluding hydrogens is 266 g/mol. The number of hydrogen-bond donors (Lipinski definition) is 1. The molecule has 2 rings (SSSR count). The lowest BCUT2D eigenvalue weighted by atomic mass is 9.98. The zero-order chi connectivity index (χ0) is 15.1. The number of amides is 1. The van der Waals surface area contributed by atoms with Gasteiger partial charge in [-0.3, -0.25) is 4.79 Å². The average molecular weight is 289 g/mol. The van der Waals surface area contributed by atoms with Gasteiger partial charge in [0.2, 0.25) is 5.91 Å². The summed E-state index contributed by atoms with van der Waals surface area (Å²) in [6.45, 7) is 0. The van der Waals surface area contributed by atoms with Gasteiger partial charge in [0, 0.05) is 5.92 Å². The molecular formula is C17H23NO3. The Bertz CT molecular complexity index is 464. The van der Waals surface area contributed by atoms with Gasteiger partial charge in [-0.25, -0.2) is 4.79 Å². The Kier molecular flexibility index (Phi) is 5.78. The Hall–Kier alpha value is -1.84. The smallest absolute Gasteiger partial charge is 0.333 e. The van der Waals surface area contributed by atoms with Crippen LogP contribution in [0.5, 0.6) is 0 Å². The fourth-order valence-corrected chi connectivity index (χ4v) is 2.84. The van der Waals surface area contributed by atoms with Crippen LogP contribution in [0.25, 0.3) is 0 Å². The van der Waals surface area contributed by atoms with Crippen LogP contribution >= 0.6 is 0 Å². The van der Waals surface area contributed by atoms with Crippen molar-refractivity contribution in [3.8, 4) is 0 Å². The molecule has 1 aromatic carbocycles. The monoisotopic (exact) mass is 289 g/mol. The van der Waals surface area contributed by atoms with Crippen LogP contribution in [0.1, 0.15) is 50.1 Å². The summed E-state index contributed by atoms with van der Waals surface area (Å²) in [6.07, 6.45) is 6.40. The van der Waals surface area contributed by atoms with Gasteiger partial charge in [0.1, 0.15) is 0 Å². The molecule has 1 amide bonds. The number of rotatable bonds is 4. The molecule has 1 aliphatic carbocycles. The van der Waals surface area contributed by atoms with E-state index in [1.165, 1.54) is 20.0 Å². The van der Waals surface area contributed by atoms with Crippen LogP contribution in [0, 0.1) is 5.92 Å². The van der Waals surface area contributed by atoms with Gasteiger partial charge in [0.05, 0.1) is 7.11 Å². The molecule has 1 atom stereocenters. The zero-order valence-corrected chi connectivity index (χ0v) is 12.5. The van der Waals surface area contributed by atoms with Crippen molar-refractivity contribution in [3.63, 3.8) is 0 Å². The summed E-state index contributed by atoms with van der Waals surface area (Å²) in [5.74, 6) is -0.442. The van der Waals surface area contributed by atoms with Crippen molar-refractivity contribution in [3.05, 3.63) is 35.9 Å². The normalized spacial score (nSPS) is 17.6. The number of carbonyl (C=O) groups excluding carboxylic acids is 2. The van der Waals surface area contributed by atoms with E-state index in [9.17, 15) is 9.59 Å². The van der Waals surface area contributed by atoms with Gasteiger partial charge >= 0.3 is 5.97 Å². The highest BCUT2D eigenvalue weighted by molar-refractivity contribution is 5.86. The lowest BCUT2D eigenvalue weighted by Crippen LogP contribution is -2.38. The Balaban J connectivity index is 2.07. The number of hydrogen-bond acceptors (Lipinski definition) is 3. The maximum absolute atomic E-state index is 12.4. The van der Waals surface area contributed by atoms with Crippen LogP contribution in [0.2, 0.25) is 0 Å². The summed E-state index contributed by atoms with van der Waals surface area (Å²) in [5, 5.41) is 2.87. The van der Waals surface area contributed by atoms with Crippen molar-refractivity contribution in [2.24, 2.45) is 5.92 Å². The molecule has 0 heterocycles. The van der Waals surface area contributed by atoms with Crippen LogP contribution in [0.15, 0.2) is 30.3 Å². The van der Waals surface area contributed by atoms with Gasteiger partial charge in [-0.05, 0) is 18.4 Å². The van der Waals surface area contributed by atoms with Crippen molar-refractivity contribution >= 4 is 11.9 Å². The fourth-order valence-electron chi connectivity index (χ4n) is 2.84. The largest absolute Gasteiger partial charge is 0.467 e. The van der Waals surface area contributed by atoms with Crippen LogP contribution in [-0.4, -0.2) is 19.0 Å². The Morgan fingerprint density at radius 3 is 2.29 bits per heavy atom. The molecule has 0 bridgehead atoms. The molecule has 4 nitrogen and oxygen atoms in total. The Morgan fingerprint density at radius 2 is 1.71 bits per heavy atom. The summed E-state index contributed by atoms with van der Waals surface area (Å²) in [4.78, 5) is 24.4. The second-order valence-corrected chi connectivity index (χ2v) is 5.56. The van der Waals surface area contributed by atoms with Crippen LogP contribution < -0.4 is 5.32 Å². The standard InChI is InChI=1S/C17H23NO3/c1-21-17(20)15(13-9-7-4-8-10-13)18-16(19)14-11-5-2-3-6-12-14/h4,7-10,14-15H,2-3,5-6,11-12H2,1H3,(H,18,19). The number of nitrogens with one attached hydrogen (secondary N) is 1. The highest BCUT2D eigenvalue weighted by Crippen LogP contribution is 2.24. The third kappa shape index (κ3) is 4.31. The molecule has 0 aliphatic heterocycles. The van der Waals surface area contributed by atoms with Crippen LogP contribution in [-0.2, 0) is 14.3 Å². The molecule has 114 valence electrons. The quantitative estimate of drug-likeness (QED) is 0.685. The van der Waals surface area contributed by atoms with E-state index < -0.39 is 12.0 Å². The van der Waals surface area contributed by atoms with E-state index in [2.05, 4.69) is 5.32 Å². The molecule has 21 heavy (non-hydrogen) atoms. The molecule has 1 fully saturated rings. The lowest BCUT2D eigenvalue weighted by molar-refractivity contribution is -0.145. The van der Waals surface area contributed by atoms with E-state index in [1.807, 2.05) is 30.3 Å². The van der Waals surface area contributed by atoms with Crippen molar-refractivity contribution < 1.29 is 14.3 Å². The van der Waals surface area contributed by atoms with Crippen molar-refractivity contribution in [2.75, 3.05) is 7.11 Å². The minimum Gasteiger partial charge on any atom is -0.467 e. The van der Waals surface area contributed by atoms with Gasteiger partial charge in [0.15, 0.2) is 6.04 Å². The molecule has 1 aliphatic rings. The number of carbonyl (C=O) groups is 2. The summed E-state index contributed by atoms with van der Waals surface area (Å²) in [7, 11) is 1.34. The Morgan fingerprint density at radius 1 is 1.10 bits per heavy atom. The predicted molar refractivity (Wildman–Crippen MR) is 80.5 cm³/mol. The molecule has 4 heteroatoms. The summed E-state index contributed by atoms with van der Waals surface area (Å²) in [5.41, 5.74) is 0.756. The summed E-state index contributed by atoms with van der Waals surface area (Å²) < 4.78 is 4.83. The molecule has 1 aromatic rings. The second kappa shape index (κ2) is 7.81. The van der Waals surface area contributed by atoms with Crippen LogP contribution in [0.3, 0.4) is 0 Å². The van der Waals surface area contributed by atoms with E-state index in [1.54, 1.807) is 0 Å². The number of ether oxygens (including phenoxy) is 1. The van der Waals surface area contributed by atoms with Gasteiger partial charge in [0.25, 0.3) is 0 Å². The molecule has 0 saturated heterocycles. The second-order valence-electron chi connectivity index (χ2n) is 5.56. The highest BCUT2D eigenvalue weighted by atomic mass is 16.5. The van der Waals surface area contributed by atoms with Crippen molar-refractivity contribution in [1.82, 2.24) is 5.32 Å². The average Bonchev–Trinajstić information content (AvgIpc) is 2.82. The van der Waals surface area contributed by atoms with Gasteiger partial charge < -0.3 is 10.1 Å². The third-order valence-corrected chi connectivity index (χ3v) is 4.08. The minimum atomic E-state index is -0.716. The first kappa shape index (κ1) is 15.5. The van der Waals surface area contributed by atoms with Gasteiger partial charge in [-0.15, -0.1) is 0 Å². The molecule has 0 spiro atoms. The third-order valence-electron chi connectivity index (χ3n) is 4.08. The topological polar surface area (TPSA) is 55.4 Å². The van der Waals surface area contributed by atoms with E-state index in [-0.39, 0.29) is 11.8 Å². The molecule has 1 N–H and O–H groups in total. The number of esters is 1. The fraction of sp³-hybridized carbons (Fsp3) is 0.529. The zero-order valence-electron chi connectivity index (χ0n) is 12.5. The number of methoxy groups -OCH3 is 1. The first-order valence-corrected chi connectivity index (χ1v) is 7.65. The molecule has 1 unspecified atom stereocenters. The van der Waals surface area contributed by atoms with Crippen LogP contribution in [0.4, 0.5) is 0 Å².